The fourth-order valence-corrected chi connectivity index (χ4v) is 2.45. The maximum Gasteiger partial charge on any atom is 0.121 e. The van der Waals surface area contributed by atoms with Crippen LogP contribution in [0, 0.1) is 6.92 Å². The zero-order valence-electron chi connectivity index (χ0n) is 8.85. The molecule has 1 aromatic carbocycles. The van der Waals surface area contributed by atoms with Crippen molar-refractivity contribution in [2.45, 2.75) is 19.4 Å². The summed E-state index contributed by atoms with van der Waals surface area (Å²) in [4.78, 5) is 4.08. The quantitative estimate of drug-likeness (QED) is 0.910. The predicted molar refractivity (Wildman–Crippen MR) is 67.0 cm³/mol. The molecule has 1 atom stereocenters. The van der Waals surface area contributed by atoms with E-state index < -0.39 is 6.10 Å². The van der Waals surface area contributed by atoms with Crippen LogP contribution in [0.2, 0.25) is 5.02 Å². The molecule has 4 heteroatoms. The van der Waals surface area contributed by atoms with E-state index in [0.29, 0.717) is 11.4 Å². The highest BCUT2D eigenvalue weighted by Crippen LogP contribution is 2.25. The van der Waals surface area contributed by atoms with Crippen molar-refractivity contribution in [3.05, 3.63) is 50.9 Å². The standard InChI is InChI=1S/C12H12ClNOS/c1-8-2-3-9(10(13)6-8)7-11(15)12-14-4-5-16-12/h2-6,11,15H,7H2,1H3. The molecule has 1 unspecified atom stereocenters. The lowest BCUT2D eigenvalue weighted by atomic mass is 10.1. The van der Waals surface area contributed by atoms with Crippen molar-refractivity contribution < 1.29 is 5.11 Å². The van der Waals surface area contributed by atoms with Gasteiger partial charge in [-0.2, -0.15) is 0 Å². The number of benzene rings is 1. The third kappa shape index (κ3) is 2.61. The summed E-state index contributed by atoms with van der Waals surface area (Å²) in [5.74, 6) is 0. The van der Waals surface area contributed by atoms with Crippen molar-refractivity contribution in [2.24, 2.45) is 0 Å². The summed E-state index contributed by atoms with van der Waals surface area (Å²) in [6, 6.07) is 5.86. The number of hydrogen-bond donors (Lipinski definition) is 1. The maximum absolute atomic E-state index is 9.95. The Hall–Kier alpha value is -0.900. The normalized spacial score (nSPS) is 12.7. The Bertz CT molecular complexity index is 470. The van der Waals surface area contributed by atoms with Gasteiger partial charge in [0, 0.05) is 23.0 Å². The molecule has 2 rings (SSSR count). The lowest BCUT2D eigenvalue weighted by Crippen LogP contribution is -2.01. The largest absolute Gasteiger partial charge is 0.386 e. The number of hydrogen-bond acceptors (Lipinski definition) is 3. The van der Waals surface area contributed by atoms with E-state index in [1.54, 1.807) is 6.20 Å². The first-order chi connectivity index (χ1) is 7.66. The van der Waals surface area contributed by atoms with Gasteiger partial charge in [0.2, 0.25) is 0 Å². The molecule has 0 aliphatic heterocycles. The molecule has 84 valence electrons. The molecule has 2 nitrogen and oxygen atoms in total. The highest BCUT2D eigenvalue weighted by atomic mass is 35.5. The third-order valence-electron chi connectivity index (χ3n) is 2.36. The van der Waals surface area contributed by atoms with Crippen molar-refractivity contribution in [1.29, 1.82) is 0 Å². The summed E-state index contributed by atoms with van der Waals surface area (Å²) in [5, 5.41) is 13.2. The number of aromatic nitrogens is 1. The van der Waals surface area contributed by atoms with Crippen LogP contribution in [-0.2, 0) is 6.42 Å². The molecule has 0 spiro atoms. The predicted octanol–water partition coefficient (Wildman–Crippen LogP) is 3.38. The average Bonchev–Trinajstić information content (AvgIpc) is 2.75. The van der Waals surface area contributed by atoms with Gasteiger partial charge in [-0.05, 0) is 24.1 Å². The first kappa shape index (κ1) is 11.6. The van der Waals surface area contributed by atoms with Gasteiger partial charge in [-0.25, -0.2) is 4.98 Å². The Morgan fingerprint density at radius 2 is 2.31 bits per heavy atom. The number of aliphatic hydroxyl groups excluding tert-OH is 1. The Balaban J connectivity index is 2.15. The van der Waals surface area contributed by atoms with Gasteiger partial charge in [0.25, 0.3) is 0 Å². The molecule has 0 radical (unpaired) electrons. The van der Waals surface area contributed by atoms with Crippen molar-refractivity contribution in [1.82, 2.24) is 4.98 Å². The van der Waals surface area contributed by atoms with Crippen LogP contribution in [0.3, 0.4) is 0 Å². The molecule has 0 fully saturated rings. The summed E-state index contributed by atoms with van der Waals surface area (Å²) >= 11 is 7.56. The zero-order valence-corrected chi connectivity index (χ0v) is 10.4. The lowest BCUT2D eigenvalue weighted by molar-refractivity contribution is 0.178. The molecular formula is C12H12ClNOS. The van der Waals surface area contributed by atoms with E-state index in [9.17, 15) is 5.11 Å². The van der Waals surface area contributed by atoms with Gasteiger partial charge >= 0.3 is 0 Å². The van der Waals surface area contributed by atoms with Crippen LogP contribution in [0.4, 0.5) is 0 Å². The van der Waals surface area contributed by atoms with Gasteiger partial charge in [0.05, 0.1) is 0 Å². The highest BCUT2D eigenvalue weighted by molar-refractivity contribution is 7.09. The molecule has 1 aromatic heterocycles. The minimum atomic E-state index is -0.569. The number of halogens is 1. The number of aliphatic hydroxyl groups is 1. The van der Waals surface area contributed by atoms with Crippen molar-refractivity contribution in [2.75, 3.05) is 0 Å². The van der Waals surface area contributed by atoms with Gasteiger partial charge < -0.3 is 5.11 Å². The molecular weight excluding hydrogens is 242 g/mol. The number of nitrogens with zero attached hydrogens (tertiary/aromatic N) is 1. The molecule has 0 aliphatic rings. The van der Waals surface area contributed by atoms with E-state index in [1.165, 1.54) is 11.3 Å². The second kappa shape index (κ2) is 4.95. The minimum Gasteiger partial charge on any atom is -0.386 e. The minimum absolute atomic E-state index is 0.507. The van der Waals surface area contributed by atoms with Gasteiger partial charge in [0.15, 0.2) is 0 Å². The maximum atomic E-state index is 9.95. The lowest BCUT2D eigenvalue weighted by Gasteiger charge is -2.09. The fourth-order valence-electron chi connectivity index (χ4n) is 1.51. The van der Waals surface area contributed by atoms with E-state index in [4.69, 9.17) is 11.6 Å². The van der Waals surface area contributed by atoms with E-state index in [0.717, 1.165) is 16.1 Å². The van der Waals surface area contributed by atoms with E-state index in [-0.39, 0.29) is 0 Å². The van der Waals surface area contributed by atoms with Crippen molar-refractivity contribution in [3.63, 3.8) is 0 Å². The summed E-state index contributed by atoms with van der Waals surface area (Å²) in [6.45, 7) is 1.99. The number of rotatable bonds is 3. The van der Waals surface area contributed by atoms with Crippen LogP contribution in [0.1, 0.15) is 22.2 Å². The van der Waals surface area contributed by atoms with Crippen LogP contribution >= 0.6 is 22.9 Å². The van der Waals surface area contributed by atoms with Crippen LogP contribution < -0.4 is 0 Å². The van der Waals surface area contributed by atoms with E-state index in [2.05, 4.69) is 4.98 Å². The third-order valence-corrected chi connectivity index (χ3v) is 3.59. The molecule has 0 amide bonds. The molecule has 2 aromatic rings. The first-order valence-electron chi connectivity index (χ1n) is 4.99. The summed E-state index contributed by atoms with van der Waals surface area (Å²) in [5.41, 5.74) is 2.08. The molecule has 1 heterocycles. The van der Waals surface area contributed by atoms with Crippen molar-refractivity contribution in [3.8, 4) is 0 Å². The summed E-state index contributed by atoms with van der Waals surface area (Å²) in [7, 11) is 0. The Kier molecular flexibility index (Phi) is 3.59. The highest BCUT2D eigenvalue weighted by Gasteiger charge is 2.12. The van der Waals surface area contributed by atoms with E-state index >= 15 is 0 Å². The van der Waals surface area contributed by atoms with Crippen LogP contribution in [0.5, 0.6) is 0 Å². The van der Waals surface area contributed by atoms with Gasteiger partial charge in [-0.15, -0.1) is 11.3 Å². The summed E-state index contributed by atoms with van der Waals surface area (Å²) < 4.78 is 0. The summed E-state index contributed by atoms with van der Waals surface area (Å²) in [6.07, 6.45) is 1.63. The smallest absolute Gasteiger partial charge is 0.121 e. The van der Waals surface area contributed by atoms with Crippen LogP contribution in [0.25, 0.3) is 0 Å². The monoisotopic (exact) mass is 253 g/mol. The van der Waals surface area contributed by atoms with Gasteiger partial charge in [-0.3, -0.25) is 0 Å². The molecule has 1 N–H and O–H groups in total. The van der Waals surface area contributed by atoms with Crippen LogP contribution in [-0.4, -0.2) is 10.1 Å². The number of thiazole rings is 1. The topological polar surface area (TPSA) is 33.1 Å². The van der Waals surface area contributed by atoms with Crippen LogP contribution in [0.15, 0.2) is 29.8 Å². The molecule has 0 saturated carbocycles. The SMILES string of the molecule is Cc1ccc(CC(O)c2nccs2)c(Cl)c1. The van der Waals surface area contributed by atoms with Gasteiger partial charge in [0.1, 0.15) is 11.1 Å². The second-order valence-corrected chi connectivity index (χ2v) is 5.02. The fraction of sp³-hybridized carbons (Fsp3) is 0.250. The Labute approximate surface area is 104 Å². The Morgan fingerprint density at radius 1 is 1.50 bits per heavy atom. The number of aryl methyl sites for hydroxylation is 1. The van der Waals surface area contributed by atoms with Crippen molar-refractivity contribution >= 4 is 22.9 Å². The average molecular weight is 254 g/mol. The second-order valence-electron chi connectivity index (χ2n) is 3.69. The zero-order chi connectivity index (χ0) is 11.5. The first-order valence-corrected chi connectivity index (χ1v) is 6.25. The molecule has 0 aliphatic carbocycles. The van der Waals surface area contributed by atoms with Gasteiger partial charge in [-0.1, -0.05) is 23.7 Å². The Morgan fingerprint density at radius 3 is 2.94 bits per heavy atom. The molecule has 0 bridgehead atoms. The van der Waals surface area contributed by atoms with E-state index in [1.807, 2.05) is 30.5 Å². The molecule has 0 saturated heterocycles. The molecule has 16 heavy (non-hydrogen) atoms.